The van der Waals surface area contributed by atoms with Crippen molar-refractivity contribution in [3.05, 3.63) is 71.3 Å². The van der Waals surface area contributed by atoms with E-state index >= 15 is 0 Å². The molecule has 2 aromatic rings. The Balaban J connectivity index is 1.53. The van der Waals surface area contributed by atoms with E-state index in [9.17, 15) is 0 Å². The zero-order valence-electron chi connectivity index (χ0n) is 11.0. The van der Waals surface area contributed by atoms with Gasteiger partial charge in [-0.25, -0.2) is 0 Å². The molecule has 1 fully saturated rings. The minimum Gasteiger partial charge on any atom is -0.392 e. The average Bonchev–Trinajstić information content (AvgIpc) is 2.44. The summed E-state index contributed by atoms with van der Waals surface area (Å²) in [5, 5.41) is 9.02. The maximum Gasteiger partial charge on any atom is 0.0681 e. The molecule has 1 N–H and O–H groups in total. The highest BCUT2D eigenvalue weighted by Gasteiger charge is 2.27. The largest absolute Gasteiger partial charge is 0.392 e. The van der Waals surface area contributed by atoms with Crippen molar-refractivity contribution in [3.63, 3.8) is 0 Å². The summed E-state index contributed by atoms with van der Waals surface area (Å²) in [4.78, 5) is 2.46. The number of hydrogen-bond donors (Lipinski definition) is 1. The highest BCUT2D eigenvalue weighted by Crippen LogP contribution is 2.27. The van der Waals surface area contributed by atoms with Crippen molar-refractivity contribution in [1.82, 2.24) is 4.90 Å². The highest BCUT2D eigenvalue weighted by atomic mass is 16.3. The lowest BCUT2D eigenvalue weighted by molar-refractivity contribution is 0.139. The van der Waals surface area contributed by atoms with Gasteiger partial charge in [-0.3, -0.25) is 4.90 Å². The first-order chi connectivity index (χ1) is 9.35. The van der Waals surface area contributed by atoms with Gasteiger partial charge in [-0.15, -0.1) is 0 Å². The van der Waals surface area contributed by atoms with Crippen LogP contribution in [0.1, 0.15) is 22.6 Å². The Kier molecular flexibility index (Phi) is 3.62. The van der Waals surface area contributed by atoms with Crippen LogP contribution in [-0.2, 0) is 13.2 Å². The fourth-order valence-electron chi connectivity index (χ4n) is 2.64. The van der Waals surface area contributed by atoms with Crippen LogP contribution < -0.4 is 0 Å². The topological polar surface area (TPSA) is 23.5 Å². The molecule has 2 heteroatoms. The predicted molar refractivity (Wildman–Crippen MR) is 76.8 cm³/mol. The first kappa shape index (κ1) is 12.4. The molecule has 1 saturated heterocycles. The van der Waals surface area contributed by atoms with E-state index in [1.807, 2.05) is 12.1 Å². The van der Waals surface area contributed by atoms with Gasteiger partial charge in [0.05, 0.1) is 6.61 Å². The minimum atomic E-state index is 0.125. The number of nitrogens with zero attached hydrogens (tertiary/aromatic N) is 1. The maximum absolute atomic E-state index is 9.02. The van der Waals surface area contributed by atoms with Crippen LogP contribution >= 0.6 is 0 Å². The standard InChI is InChI=1S/C17H19NO/c19-13-15-8-6-14(7-9-15)10-18-11-17(12-18)16-4-2-1-3-5-16/h1-9,17,19H,10-13H2. The SMILES string of the molecule is OCc1ccc(CN2CC(c3ccccc3)C2)cc1. The lowest BCUT2D eigenvalue weighted by atomic mass is 9.91. The van der Waals surface area contributed by atoms with E-state index in [1.165, 1.54) is 11.1 Å². The van der Waals surface area contributed by atoms with Gasteiger partial charge in [-0.2, -0.15) is 0 Å². The molecule has 0 atom stereocenters. The summed E-state index contributed by atoms with van der Waals surface area (Å²) in [5.74, 6) is 0.693. The van der Waals surface area contributed by atoms with Crippen molar-refractivity contribution in [1.29, 1.82) is 0 Å². The van der Waals surface area contributed by atoms with Crippen molar-refractivity contribution < 1.29 is 5.11 Å². The summed E-state index contributed by atoms with van der Waals surface area (Å²) < 4.78 is 0. The number of hydrogen-bond acceptors (Lipinski definition) is 2. The Morgan fingerprint density at radius 1 is 0.895 bits per heavy atom. The lowest BCUT2D eigenvalue weighted by Crippen LogP contribution is -2.44. The molecule has 1 aliphatic heterocycles. The van der Waals surface area contributed by atoms with E-state index in [-0.39, 0.29) is 6.61 Å². The number of rotatable bonds is 4. The van der Waals surface area contributed by atoms with Gasteiger partial charge in [0.15, 0.2) is 0 Å². The number of aliphatic hydroxyl groups excluding tert-OH is 1. The Bertz CT molecular complexity index is 515. The second-order valence-corrected chi connectivity index (χ2v) is 5.28. The average molecular weight is 253 g/mol. The fraction of sp³-hybridized carbons (Fsp3) is 0.294. The molecule has 0 bridgehead atoms. The van der Waals surface area contributed by atoms with Crippen molar-refractivity contribution in [2.75, 3.05) is 13.1 Å². The highest BCUT2D eigenvalue weighted by molar-refractivity contribution is 5.25. The van der Waals surface area contributed by atoms with E-state index in [4.69, 9.17) is 5.11 Å². The summed E-state index contributed by atoms with van der Waals surface area (Å²) >= 11 is 0. The molecule has 0 unspecified atom stereocenters. The number of likely N-dealkylation sites (tertiary alicyclic amines) is 1. The minimum absolute atomic E-state index is 0.125. The third-order valence-electron chi connectivity index (χ3n) is 3.84. The van der Waals surface area contributed by atoms with Gasteiger partial charge in [-0.05, 0) is 16.7 Å². The van der Waals surface area contributed by atoms with Gasteiger partial charge < -0.3 is 5.11 Å². The van der Waals surface area contributed by atoms with Gasteiger partial charge in [0, 0.05) is 25.6 Å². The Morgan fingerprint density at radius 2 is 1.53 bits per heavy atom. The molecule has 98 valence electrons. The molecule has 0 spiro atoms. The fourth-order valence-corrected chi connectivity index (χ4v) is 2.64. The van der Waals surface area contributed by atoms with Crippen LogP contribution in [0.15, 0.2) is 54.6 Å². The summed E-state index contributed by atoms with van der Waals surface area (Å²) in [6, 6.07) is 19.0. The molecule has 3 rings (SSSR count). The van der Waals surface area contributed by atoms with E-state index in [0.29, 0.717) is 5.92 Å². The van der Waals surface area contributed by atoms with E-state index in [0.717, 1.165) is 25.2 Å². The molecule has 1 aliphatic rings. The zero-order chi connectivity index (χ0) is 13.1. The van der Waals surface area contributed by atoms with Crippen molar-refractivity contribution in [2.45, 2.75) is 19.1 Å². The van der Waals surface area contributed by atoms with Gasteiger partial charge in [0.2, 0.25) is 0 Å². The van der Waals surface area contributed by atoms with Crippen LogP contribution in [0.4, 0.5) is 0 Å². The first-order valence-electron chi connectivity index (χ1n) is 6.81. The molecule has 1 heterocycles. The summed E-state index contributed by atoms with van der Waals surface area (Å²) in [5.41, 5.74) is 3.76. The Hall–Kier alpha value is -1.64. The molecule has 0 saturated carbocycles. The molecule has 0 radical (unpaired) electrons. The molecule has 2 aromatic carbocycles. The Morgan fingerprint density at radius 3 is 2.16 bits per heavy atom. The van der Waals surface area contributed by atoms with E-state index in [1.54, 1.807) is 0 Å². The molecular weight excluding hydrogens is 234 g/mol. The second-order valence-electron chi connectivity index (χ2n) is 5.28. The smallest absolute Gasteiger partial charge is 0.0681 e. The van der Waals surface area contributed by atoms with Crippen LogP contribution in [0.3, 0.4) is 0 Å². The van der Waals surface area contributed by atoms with E-state index in [2.05, 4.69) is 47.4 Å². The van der Waals surface area contributed by atoms with Crippen molar-refractivity contribution in [2.24, 2.45) is 0 Å². The molecular formula is C17H19NO. The monoisotopic (exact) mass is 253 g/mol. The zero-order valence-corrected chi connectivity index (χ0v) is 11.0. The maximum atomic E-state index is 9.02. The molecule has 0 amide bonds. The lowest BCUT2D eigenvalue weighted by Gasteiger charge is -2.39. The number of aliphatic hydroxyl groups is 1. The van der Waals surface area contributed by atoms with Crippen LogP contribution in [0.5, 0.6) is 0 Å². The summed E-state index contributed by atoms with van der Waals surface area (Å²) in [6.45, 7) is 3.42. The molecule has 2 nitrogen and oxygen atoms in total. The van der Waals surface area contributed by atoms with Gasteiger partial charge in [0.25, 0.3) is 0 Å². The predicted octanol–water partition coefficient (Wildman–Crippen LogP) is 2.78. The third kappa shape index (κ3) is 2.86. The summed E-state index contributed by atoms with van der Waals surface area (Å²) in [7, 11) is 0. The quantitative estimate of drug-likeness (QED) is 0.905. The molecule has 0 aromatic heterocycles. The van der Waals surface area contributed by atoms with Gasteiger partial charge in [-0.1, -0.05) is 54.6 Å². The molecule has 19 heavy (non-hydrogen) atoms. The third-order valence-corrected chi connectivity index (χ3v) is 3.84. The molecule has 0 aliphatic carbocycles. The van der Waals surface area contributed by atoms with Gasteiger partial charge >= 0.3 is 0 Å². The first-order valence-corrected chi connectivity index (χ1v) is 6.81. The van der Waals surface area contributed by atoms with Crippen LogP contribution in [0.2, 0.25) is 0 Å². The number of benzene rings is 2. The van der Waals surface area contributed by atoms with Gasteiger partial charge in [0.1, 0.15) is 0 Å². The van der Waals surface area contributed by atoms with Crippen molar-refractivity contribution in [3.8, 4) is 0 Å². The summed E-state index contributed by atoms with van der Waals surface area (Å²) in [6.07, 6.45) is 0. The van der Waals surface area contributed by atoms with Crippen LogP contribution in [0.25, 0.3) is 0 Å². The van der Waals surface area contributed by atoms with Crippen LogP contribution in [-0.4, -0.2) is 23.1 Å². The van der Waals surface area contributed by atoms with E-state index < -0.39 is 0 Å². The normalized spacial score (nSPS) is 16.3. The van der Waals surface area contributed by atoms with Crippen molar-refractivity contribution >= 4 is 0 Å². The second kappa shape index (κ2) is 5.55. The van der Waals surface area contributed by atoms with Crippen LogP contribution in [0, 0.1) is 0 Å². The Labute approximate surface area is 114 Å².